The number of hydrogen-bond acceptors (Lipinski definition) is 4. The molecule has 1 saturated heterocycles. The largest absolute Gasteiger partial charge is 0.487 e. The average Bonchev–Trinajstić information content (AvgIpc) is 3.48. The Morgan fingerprint density at radius 2 is 1.85 bits per heavy atom. The van der Waals surface area contributed by atoms with Gasteiger partial charge in [0.1, 0.15) is 29.3 Å². The van der Waals surface area contributed by atoms with Gasteiger partial charge in [0.05, 0.1) is 18.3 Å². The second kappa shape index (κ2) is 8.25. The van der Waals surface area contributed by atoms with Crippen LogP contribution in [-0.2, 0) is 10.3 Å². The van der Waals surface area contributed by atoms with Crippen molar-refractivity contribution in [3.05, 3.63) is 76.5 Å². The van der Waals surface area contributed by atoms with Crippen LogP contribution in [0.25, 0.3) is 5.69 Å². The molecule has 4 rings (SSSR count). The van der Waals surface area contributed by atoms with Crippen LogP contribution < -0.4 is 10.4 Å². The van der Waals surface area contributed by atoms with Crippen LogP contribution >= 0.6 is 0 Å². The van der Waals surface area contributed by atoms with E-state index < -0.39 is 47.9 Å². The summed E-state index contributed by atoms with van der Waals surface area (Å²) < 4.78 is 90.4. The van der Waals surface area contributed by atoms with Crippen molar-refractivity contribution in [1.29, 1.82) is 0 Å². The monoisotopic (exact) mass is 473 g/mol. The van der Waals surface area contributed by atoms with Crippen LogP contribution in [0.2, 0.25) is 0 Å². The normalized spacial score (nSPS) is 19.0. The van der Waals surface area contributed by atoms with Crippen LogP contribution in [-0.4, -0.2) is 39.9 Å². The van der Waals surface area contributed by atoms with Gasteiger partial charge in [-0.25, -0.2) is 22.4 Å². The first-order valence-electron chi connectivity index (χ1n) is 9.70. The fourth-order valence-electron chi connectivity index (χ4n) is 3.44. The standard InChI is InChI=1S/C21H17F6N3O3/c1-12(20(9-33-20)16-7-2-13(22)8-17(16)23)29-11-28-30(19(29)31)14-3-5-15(6-4-14)32-10-21(26,27)18(24)25/h2-8,11-12,18H,9-10H2,1H3/t12-,20-/m1/s1. The lowest BCUT2D eigenvalue weighted by Gasteiger charge is -2.21. The summed E-state index contributed by atoms with van der Waals surface area (Å²) in [5.41, 5.74) is -1.41. The van der Waals surface area contributed by atoms with Crippen molar-refractivity contribution in [2.45, 2.75) is 30.9 Å². The number of benzene rings is 2. The van der Waals surface area contributed by atoms with E-state index in [1.165, 1.54) is 41.2 Å². The van der Waals surface area contributed by atoms with E-state index in [2.05, 4.69) is 5.10 Å². The van der Waals surface area contributed by atoms with Crippen molar-refractivity contribution in [3.8, 4) is 11.4 Å². The highest BCUT2D eigenvalue weighted by Crippen LogP contribution is 2.48. The van der Waals surface area contributed by atoms with Gasteiger partial charge in [-0.15, -0.1) is 0 Å². The van der Waals surface area contributed by atoms with E-state index in [9.17, 15) is 31.1 Å². The molecule has 3 aromatic rings. The van der Waals surface area contributed by atoms with Crippen LogP contribution in [0, 0.1) is 11.6 Å². The summed E-state index contributed by atoms with van der Waals surface area (Å²) in [6, 6.07) is 7.53. The molecular weight excluding hydrogens is 456 g/mol. The van der Waals surface area contributed by atoms with Crippen molar-refractivity contribution in [2.75, 3.05) is 13.2 Å². The molecule has 0 saturated carbocycles. The van der Waals surface area contributed by atoms with Crippen molar-refractivity contribution in [3.63, 3.8) is 0 Å². The number of halogens is 6. The van der Waals surface area contributed by atoms with E-state index in [4.69, 9.17) is 9.47 Å². The summed E-state index contributed by atoms with van der Waals surface area (Å²) in [5, 5.41) is 4.01. The zero-order valence-corrected chi connectivity index (χ0v) is 17.0. The van der Waals surface area contributed by atoms with E-state index in [-0.39, 0.29) is 23.6 Å². The number of alkyl halides is 4. The maximum atomic E-state index is 14.3. The van der Waals surface area contributed by atoms with Gasteiger partial charge in [-0.05, 0) is 37.3 Å². The molecule has 2 heterocycles. The molecule has 1 aliphatic heterocycles. The summed E-state index contributed by atoms with van der Waals surface area (Å²) in [6.07, 6.45) is -2.63. The van der Waals surface area contributed by atoms with Gasteiger partial charge in [0.15, 0.2) is 6.61 Å². The topological polar surface area (TPSA) is 61.6 Å². The Hall–Kier alpha value is -3.28. The molecule has 0 bridgehead atoms. The van der Waals surface area contributed by atoms with Crippen LogP contribution in [0.15, 0.2) is 53.6 Å². The second-order valence-corrected chi connectivity index (χ2v) is 7.56. The number of hydrogen-bond donors (Lipinski definition) is 0. The minimum absolute atomic E-state index is 0.1000. The summed E-state index contributed by atoms with van der Waals surface area (Å²) in [7, 11) is 0. The number of rotatable bonds is 8. The highest BCUT2D eigenvalue weighted by molar-refractivity contribution is 5.36. The number of aromatic nitrogens is 3. The van der Waals surface area contributed by atoms with E-state index in [0.29, 0.717) is 0 Å². The van der Waals surface area contributed by atoms with Gasteiger partial charge in [0.25, 0.3) is 0 Å². The first-order valence-corrected chi connectivity index (χ1v) is 9.70. The number of ether oxygens (including phenoxy) is 2. The lowest BCUT2D eigenvalue weighted by Crippen LogP contribution is -2.33. The Labute approximate surface area is 183 Å². The first-order chi connectivity index (χ1) is 15.5. The van der Waals surface area contributed by atoms with Gasteiger partial charge < -0.3 is 9.47 Å². The Kier molecular flexibility index (Phi) is 5.72. The van der Waals surface area contributed by atoms with Crippen molar-refractivity contribution >= 4 is 0 Å². The molecule has 1 aliphatic rings. The molecule has 0 amide bonds. The average molecular weight is 473 g/mol. The first kappa shape index (κ1) is 22.9. The molecular formula is C21H17F6N3O3. The van der Waals surface area contributed by atoms with Crippen molar-refractivity contribution in [2.24, 2.45) is 0 Å². The highest BCUT2D eigenvalue weighted by atomic mass is 19.3. The summed E-state index contributed by atoms with van der Waals surface area (Å²) in [5.74, 6) is -5.94. The summed E-state index contributed by atoms with van der Waals surface area (Å²) in [4.78, 5) is 12.9. The maximum absolute atomic E-state index is 14.3. The zero-order valence-electron chi connectivity index (χ0n) is 17.0. The van der Waals surface area contributed by atoms with Crippen LogP contribution in [0.3, 0.4) is 0 Å². The van der Waals surface area contributed by atoms with E-state index in [1.807, 2.05) is 0 Å². The highest BCUT2D eigenvalue weighted by Gasteiger charge is 2.54. The molecule has 6 nitrogen and oxygen atoms in total. The maximum Gasteiger partial charge on any atom is 0.350 e. The molecule has 33 heavy (non-hydrogen) atoms. The van der Waals surface area contributed by atoms with Crippen LogP contribution in [0.4, 0.5) is 26.3 Å². The predicted octanol–water partition coefficient (Wildman–Crippen LogP) is 4.08. The molecule has 1 aromatic heterocycles. The van der Waals surface area contributed by atoms with Gasteiger partial charge in [-0.2, -0.15) is 18.6 Å². The fraction of sp³-hybridized carbons (Fsp3) is 0.333. The predicted molar refractivity (Wildman–Crippen MR) is 103 cm³/mol. The van der Waals surface area contributed by atoms with Crippen LogP contribution in [0.5, 0.6) is 5.75 Å². The van der Waals surface area contributed by atoms with E-state index in [1.54, 1.807) is 6.92 Å². The van der Waals surface area contributed by atoms with Gasteiger partial charge in [0.2, 0.25) is 0 Å². The quantitative estimate of drug-likeness (QED) is 0.366. The van der Waals surface area contributed by atoms with Crippen molar-refractivity contribution < 1.29 is 35.8 Å². The third-order valence-corrected chi connectivity index (χ3v) is 5.46. The van der Waals surface area contributed by atoms with Gasteiger partial charge in [0, 0.05) is 11.6 Å². The lowest BCUT2D eigenvalue weighted by atomic mass is 9.92. The Balaban J connectivity index is 1.54. The number of epoxide rings is 1. The molecule has 0 radical (unpaired) electrons. The molecule has 2 aromatic carbocycles. The molecule has 0 unspecified atom stereocenters. The Bertz CT molecular complexity index is 1200. The van der Waals surface area contributed by atoms with Crippen LogP contribution in [0.1, 0.15) is 18.5 Å². The third-order valence-electron chi connectivity index (χ3n) is 5.46. The van der Waals surface area contributed by atoms with E-state index >= 15 is 0 Å². The Morgan fingerprint density at radius 1 is 1.18 bits per heavy atom. The van der Waals surface area contributed by atoms with Gasteiger partial charge in [-0.3, -0.25) is 4.57 Å². The lowest BCUT2D eigenvalue weighted by molar-refractivity contribution is -0.148. The van der Waals surface area contributed by atoms with E-state index in [0.717, 1.165) is 16.8 Å². The molecule has 1 fully saturated rings. The minimum Gasteiger partial charge on any atom is -0.487 e. The molecule has 0 aliphatic carbocycles. The molecule has 176 valence electrons. The molecule has 12 heteroatoms. The number of nitrogens with zero attached hydrogens (tertiary/aromatic N) is 3. The van der Waals surface area contributed by atoms with Gasteiger partial charge >= 0.3 is 18.0 Å². The van der Waals surface area contributed by atoms with Gasteiger partial charge in [-0.1, -0.05) is 6.07 Å². The minimum atomic E-state index is -4.30. The third kappa shape index (κ3) is 4.22. The summed E-state index contributed by atoms with van der Waals surface area (Å²) in [6.45, 7) is 0.241. The van der Waals surface area contributed by atoms with Crippen molar-refractivity contribution in [1.82, 2.24) is 14.3 Å². The SMILES string of the molecule is C[C@@H](n1cnn(-c2ccc(OCC(F)(F)C(F)F)cc2)c1=O)[C@@]1(c2ccc(F)cc2F)CO1. The Morgan fingerprint density at radius 3 is 2.42 bits per heavy atom. The molecule has 0 N–H and O–H groups in total. The zero-order chi connectivity index (χ0) is 24.0. The fourth-order valence-corrected chi connectivity index (χ4v) is 3.44. The molecule has 2 atom stereocenters. The smallest absolute Gasteiger partial charge is 0.350 e. The summed E-state index contributed by atoms with van der Waals surface area (Å²) >= 11 is 0. The second-order valence-electron chi connectivity index (χ2n) is 7.56. The molecule has 0 spiro atoms.